The molecule has 3 aromatic heterocycles. The minimum absolute atomic E-state index is 0.0238. The monoisotopic (exact) mass is 557 g/mol. The summed E-state index contributed by atoms with van der Waals surface area (Å²) in [5, 5.41) is 24.8. The fourth-order valence-electron chi connectivity index (χ4n) is 4.69. The Morgan fingerprint density at radius 2 is 1.95 bits per heavy atom. The third-order valence-electron chi connectivity index (χ3n) is 6.63. The second kappa shape index (κ2) is 10.6. The van der Waals surface area contributed by atoms with Crippen LogP contribution in [0.3, 0.4) is 0 Å². The first-order chi connectivity index (χ1) is 19.5. The summed E-state index contributed by atoms with van der Waals surface area (Å²) < 4.78 is 7.74. The van der Waals surface area contributed by atoms with Crippen molar-refractivity contribution in [2.45, 2.75) is 26.3 Å². The van der Waals surface area contributed by atoms with Crippen LogP contribution in [0, 0.1) is 6.92 Å². The molecule has 0 saturated heterocycles. The molecule has 1 aliphatic rings. The van der Waals surface area contributed by atoms with E-state index in [1.807, 2.05) is 49.4 Å². The highest BCUT2D eigenvalue weighted by molar-refractivity contribution is 6.32. The Balaban J connectivity index is 1.28. The average molecular weight is 558 g/mol. The molecule has 0 spiro atoms. The molecule has 0 fully saturated rings. The van der Waals surface area contributed by atoms with Crippen molar-refractivity contribution < 1.29 is 9.42 Å². The fourth-order valence-corrected chi connectivity index (χ4v) is 5.01. The van der Waals surface area contributed by atoms with Crippen molar-refractivity contribution in [2.24, 2.45) is 5.10 Å². The fraction of sp³-hybridized carbons (Fsp3) is 0.192. The van der Waals surface area contributed by atoms with E-state index in [4.69, 9.17) is 22.0 Å². The third-order valence-corrected chi connectivity index (χ3v) is 6.99. The molecule has 0 atom stereocenters. The predicted molar refractivity (Wildman–Crippen MR) is 148 cm³/mol. The minimum Gasteiger partial charge on any atom is -0.378 e. The van der Waals surface area contributed by atoms with Crippen LogP contribution in [0.4, 0.5) is 11.5 Å². The number of rotatable bonds is 7. The Labute approximate surface area is 233 Å². The van der Waals surface area contributed by atoms with Gasteiger partial charge in [0.2, 0.25) is 11.6 Å². The van der Waals surface area contributed by atoms with E-state index >= 15 is 0 Å². The van der Waals surface area contributed by atoms with Crippen molar-refractivity contribution in [2.75, 3.05) is 17.2 Å². The summed E-state index contributed by atoms with van der Waals surface area (Å²) in [6.45, 7) is 2.92. The second-order valence-corrected chi connectivity index (χ2v) is 9.52. The van der Waals surface area contributed by atoms with Crippen LogP contribution in [-0.2, 0) is 13.0 Å². The van der Waals surface area contributed by atoms with Gasteiger partial charge in [-0.3, -0.25) is 4.79 Å². The molecule has 1 amide bonds. The van der Waals surface area contributed by atoms with Gasteiger partial charge in [-0.15, -0.1) is 5.10 Å². The van der Waals surface area contributed by atoms with Crippen LogP contribution in [0.15, 0.2) is 64.3 Å². The lowest BCUT2D eigenvalue weighted by molar-refractivity contribution is 0.0949. The van der Waals surface area contributed by atoms with E-state index in [-0.39, 0.29) is 17.3 Å². The largest absolute Gasteiger partial charge is 0.378 e. The van der Waals surface area contributed by atoms with Crippen LogP contribution in [-0.4, -0.2) is 53.8 Å². The molecule has 0 saturated carbocycles. The quantitative estimate of drug-likeness (QED) is 0.226. The van der Waals surface area contributed by atoms with Crippen LogP contribution in [0.2, 0.25) is 5.15 Å². The van der Waals surface area contributed by atoms with E-state index in [0.717, 1.165) is 30.8 Å². The summed E-state index contributed by atoms with van der Waals surface area (Å²) in [7, 11) is 0. The number of benzene rings is 2. The maximum Gasteiger partial charge on any atom is 0.293 e. The smallest absolute Gasteiger partial charge is 0.293 e. The van der Waals surface area contributed by atoms with Crippen molar-refractivity contribution in [3.8, 4) is 11.5 Å². The molecule has 14 heteroatoms. The number of fused-ring (bicyclic) bond motifs is 1. The van der Waals surface area contributed by atoms with Crippen molar-refractivity contribution in [1.82, 2.24) is 40.5 Å². The van der Waals surface area contributed by atoms with Gasteiger partial charge >= 0.3 is 0 Å². The molecule has 0 aliphatic carbocycles. The van der Waals surface area contributed by atoms with E-state index in [0.29, 0.717) is 28.6 Å². The zero-order valence-electron chi connectivity index (χ0n) is 21.4. The first-order valence-electron chi connectivity index (χ1n) is 12.5. The van der Waals surface area contributed by atoms with Crippen LogP contribution < -0.4 is 16.1 Å². The van der Waals surface area contributed by atoms with Gasteiger partial charge < -0.3 is 10.6 Å². The molecule has 4 heterocycles. The zero-order chi connectivity index (χ0) is 27.6. The van der Waals surface area contributed by atoms with Crippen LogP contribution in [0.1, 0.15) is 39.4 Å². The van der Waals surface area contributed by atoms with Crippen molar-refractivity contribution >= 4 is 35.2 Å². The SMILES string of the molecule is Cc1nn(-c2ccccc2)c(Cl)c1C=NNC(=O)c1nnn(-c2nonc2N)c1CN1CCCc2ccccc21. The highest BCUT2D eigenvalue weighted by Crippen LogP contribution is 2.29. The van der Waals surface area contributed by atoms with Gasteiger partial charge in [0.1, 0.15) is 5.15 Å². The number of aromatic nitrogens is 7. The van der Waals surface area contributed by atoms with Gasteiger partial charge in [0.25, 0.3) is 5.91 Å². The number of amides is 1. The van der Waals surface area contributed by atoms with Gasteiger partial charge in [-0.2, -0.15) is 14.9 Å². The molecule has 202 valence electrons. The summed E-state index contributed by atoms with van der Waals surface area (Å²) in [6, 6.07) is 17.7. The molecule has 13 nitrogen and oxygen atoms in total. The Hall–Kier alpha value is -5.04. The molecule has 5 aromatic rings. The number of nitrogens with two attached hydrogens (primary N) is 1. The minimum atomic E-state index is -0.568. The molecule has 6 rings (SSSR count). The third kappa shape index (κ3) is 4.66. The van der Waals surface area contributed by atoms with E-state index in [1.165, 1.54) is 16.5 Å². The molecular formula is C26H24ClN11O2. The number of halogens is 1. The molecule has 1 aliphatic heterocycles. The number of carbonyl (C=O) groups excluding carboxylic acids is 1. The Morgan fingerprint density at radius 3 is 2.75 bits per heavy atom. The molecular weight excluding hydrogens is 534 g/mol. The predicted octanol–water partition coefficient (Wildman–Crippen LogP) is 3.10. The number of aryl methyl sites for hydroxylation is 2. The number of para-hydroxylation sites is 2. The highest BCUT2D eigenvalue weighted by Gasteiger charge is 2.27. The van der Waals surface area contributed by atoms with Crippen molar-refractivity contribution in [3.05, 3.63) is 88.0 Å². The summed E-state index contributed by atoms with van der Waals surface area (Å²) in [6.07, 6.45) is 3.40. The van der Waals surface area contributed by atoms with E-state index in [2.05, 4.69) is 53.3 Å². The molecule has 3 N–H and O–H groups in total. The van der Waals surface area contributed by atoms with Gasteiger partial charge in [-0.1, -0.05) is 53.2 Å². The summed E-state index contributed by atoms with van der Waals surface area (Å²) in [4.78, 5) is 15.5. The standard InChI is InChI=1S/C26H24ClN11O2/c1-16-19(23(27)37(32-16)18-10-3-2-4-11-18)14-29-31-26(39)22-21(38(35-30-22)25-24(28)33-40-34-25)15-36-13-7-9-17-8-5-6-12-20(17)36/h2-6,8,10-12,14H,7,9,13,15H2,1H3,(H2,28,33)(H,31,39). The Morgan fingerprint density at radius 1 is 1.15 bits per heavy atom. The number of nitrogens with one attached hydrogen (secondary N) is 1. The molecule has 40 heavy (non-hydrogen) atoms. The number of nitrogens with zero attached hydrogens (tertiary/aromatic N) is 9. The number of hydrogen-bond donors (Lipinski definition) is 2. The maximum absolute atomic E-state index is 13.3. The van der Waals surface area contributed by atoms with Crippen LogP contribution >= 0.6 is 11.6 Å². The second-order valence-electron chi connectivity index (χ2n) is 9.16. The highest BCUT2D eigenvalue weighted by atomic mass is 35.5. The molecule has 0 radical (unpaired) electrons. The number of carbonyl (C=O) groups is 1. The molecule has 2 aromatic carbocycles. The normalized spacial score (nSPS) is 13.1. The number of hydrogen-bond acceptors (Lipinski definition) is 10. The Bertz CT molecular complexity index is 1710. The lowest BCUT2D eigenvalue weighted by atomic mass is 10.0. The summed E-state index contributed by atoms with van der Waals surface area (Å²) in [5.41, 5.74) is 13.3. The summed E-state index contributed by atoms with van der Waals surface area (Å²) >= 11 is 6.58. The van der Waals surface area contributed by atoms with E-state index in [9.17, 15) is 4.79 Å². The van der Waals surface area contributed by atoms with Gasteiger partial charge in [0.05, 0.1) is 35.4 Å². The average Bonchev–Trinajstić information content (AvgIpc) is 3.66. The first-order valence-corrected chi connectivity index (χ1v) is 12.9. The maximum atomic E-state index is 13.3. The van der Waals surface area contributed by atoms with Gasteiger partial charge in [-0.25, -0.2) is 14.7 Å². The zero-order valence-corrected chi connectivity index (χ0v) is 22.2. The molecule has 0 unspecified atom stereocenters. The van der Waals surface area contributed by atoms with Crippen LogP contribution in [0.5, 0.6) is 0 Å². The van der Waals surface area contributed by atoms with Gasteiger partial charge in [0.15, 0.2) is 5.69 Å². The number of nitrogen functional groups attached to an aromatic ring is 1. The lowest BCUT2D eigenvalue weighted by Gasteiger charge is -2.31. The Kier molecular flexibility index (Phi) is 6.70. The number of hydrazone groups is 1. The van der Waals surface area contributed by atoms with Gasteiger partial charge in [-0.05, 0) is 53.8 Å². The van der Waals surface area contributed by atoms with Crippen molar-refractivity contribution in [1.29, 1.82) is 0 Å². The lowest BCUT2D eigenvalue weighted by Crippen LogP contribution is -2.31. The van der Waals surface area contributed by atoms with E-state index in [1.54, 1.807) is 4.68 Å². The summed E-state index contributed by atoms with van der Waals surface area (Å²) in [5.74, 6) is -0.399. The van der Waals surface area contributed by atoms with Crippen molar-refractivity contribution in [3.63, 3.8) is 0 Å². The van der Waals surface area contributed by atoms with Crippen LogP contribution in [0.25, 0.3) is 11.5 Å². The first kappa shape index (κ1) is 25.2. The topological polar surface area (TPSA) is 158 Å². The molecule has 0 bridgehead atoms. The number of anilines is 2. The van der Waals surface area contributed by atoms with E-state index < -0.39 is 5.91 Å². The van der Waals surface area contributed by atoms with Gasteiger partial charge in [0, 0.05) is 12.2 Å².